The molecule has 0 aromatic rings. The summed E-state index contributed by atoms with van der Waals surface area (Å²) >= 11 is 0. The third-order valence-corrected chi connectivity index (χ3v) is 4.10. The molecule has 3 nitrogen and oxygen atoms in total. The summed E-state index contributed by atoms with van der Waals surface area (Å²) in [6.45, 7) is 7.50. The molecule has 3 heteroatoms. The number of nitrogens with one attached hydrogen (secondary N) is 1. The van der Waals surface area contributed by atoms with E-state index in [9.17, 15) is 0 Å². The van der Waals surface area contributed by atoms with Crippen molar-refractivity contribution in [2.45, 2.75) is 58.4 Å². The number of methoxy groups -OCH3 is 1. The van der Waals surface area contributed by atoms with Crippen LogP contribution in [0, 0.1) is 11.3 Å². The summed E-state index contributed by atoms with van der Waals surface area (Å²) in [6, 6.07) is 0.224. The summed E-state index contributed by atoms with van der Waals surface area (Å²) in [7, 11) is 1.73. The van der Waals surface area contributed by atoms with E-state index in [1.54, 1.807) is 7.11 Å². The first-order valence-corrected chi connectivity index (χ1v) is 7.53. The zero-order valence-corrected chi connectivity index (χ0v) is 12.5. The molecule has 1 rings (SSSR count). The Hall–Kier alpha value is -0.120. The average molecular weight is 256 g/mol. The molecule has 0 amide bonds. The van der Waals surface area contributed by atoms with Gasteiger partial charge >= 0.3 is 0 Å². The number of rotatable bonds is 9. The molecule has 1 unspecified atom stereocenters. The molecule has 108 valence electrons. The van der Waals surface area contributed by atoms with Crippen molar-refractivity contribution in [3.8, 4) is 0 Å². The van der Waals surface area contributed by atoms with E-state index in [0.717, 1.165) is 32.0 Å². The first-order valence-electron chi connectivity index (χ1n) is 7.53. The maximum atomic E-state index is 6.05. The first kappa shape index (κ1) is 15.9. The standard InChI is InChI=1S/C15H32N2O/c1-13(2)10-15(7-4-5-8-15)12-17-11-14(16)6-9-18-3/h13-14,17H,4-12,16H2,1-3H3. The second kappa shape index (κ2) is 8.13. The maximum absolute atomic E-state index is 6.05. The first-order chi connectivity index (χ1) is 8.58. The highest BCUT2D eigenvalue weighted by molar-refractivity contribution is 4.87. The van der Waals surface area contributed by atoms with Crippen molar-refractivity contribution < 1.29 is 4.74 Å². The largest absolute Gasteiger partial charge is 0.385 e. The van der Waals surface area contributed by atoms with Crippen LogP contribution >= 0.6 is 0 Å². The van der Waals surface area contributed by atoms with E-state index in [4.69, 9.17) is 10.5 Å². The van der Waals surface area contributed by atoms with Gasteiger partial charge in [0.05, 0.1) is 0 Å². The van der Waals surface area contributed by atoms with Crippen molar-refractivity contribution in [1.29, 1.82) is 0 Å². The quantitative estimate of drug-likeness (QED) is 0.666. The molecule has 3 N–H and O–H groups in total. The smallest absolute Gasteiger partial charge is 0.0477 e. The van der Waals surface area contributed by atoms with E-state index in [-0.39, 0.29) is 6.04 Å². The molecule has 0 spiro atoms. The normalized spacial score (nSPS) is 20.5. The molecule has 1 aliphatic carbocycles. The molecule has 1 aliphatic rings. The topological polar surface area (TPSA) is 47.3 Å². The third kappa shape index (κ3) is 5.68. The molecule has 0 bridgehead atoms. The van der Waals surface area contributed by atoms with Crippen molar-refractivity contribution in [1.82, 2.24) is 5.32 Å². The van der Waals surface area contributed by atoms with Crippen molar-refractivity contribution in [3.05, 3.63) is 0 Å². The SMILES string of the molecule is COCCC(N)CNCC1(CC(C)C)CCCC1. The van der Waals surface area contributed by atoms with Gasteiger partial charge in [-0.3, -0.25) is 0 Å². The van der Waals surface area contributed by atoms with Gasteiger partial charge in [0.2, 0.25) is 0 Å². The highest BCUT2D eigenvalue weighted by Gasteiger charge is 2.33. The van der Waals surface area contributed by atoms with Gasteiger partial charge in [0.1, 0.15) is 0 Å². The molecule has 0 saturated heterocycles. The minimum atomic E-state index is 0.224. The van der Waals surface area contributed by atoms with Gasteiger partial charge in [-0.05, 0) is 37.0 Å². The fourth-order valence-corrected chi connectivity index (χ4v) is 3.34. The van der Waals surface area contributed by atoms with Gasteiger partial charge in [-0.25, -0.2) is 0 Å². The van der Waals surface area contributed by atoms with Gasteiger partial charge in [-0.15, -0.1) is 0 Å². The summed E-state index contributed by atoms with van der Waals surface area (Å²) in [5.41, 5.74) is 6.60. The summed E-state index contributed by atoms with van der Waals surface area (Å²) in [4.78, 5) is 0. The predicted molar refractivity (Wildman–Crippen MR) is 77.7 cm³/mol. The van der Waals surface area contributed by atoms with Crippen LogP contribution in [-0.2, 0) is 4.74 Å². The van der Waals surface area contributed by atoms with Gasteiger partial charge in [-0.1, -0.05) is 26.7 Å². The van der Waals surface area contributed by atoms with E-state index in [2.05, 4.69) is 19.2 Å². The van der Waals surface area contributed by atoms with Crippen molar-refractivity contribution in [2.75, 3.05) is 26.8 Å². The van der Waals surface area contributed by atoms with Crippen LogP contribution in [0.5, 0.6) is 0 Å². The fourth-order valence-electron chi connectivity index (χ4n) is 3.34. The molecule has 0 heterocycles. The van der Waals surface area contributed by atoms with Crippen LogP contribution < -0.4 is 11.1 Å². The van der Waals surface area contributed by atoms with Gasteiger partial charge in [0.25, 0.3) is 0 Å². The molecular formula is C15H32N2O. The van der Waals surface area contributed by atoms with Gasteiger partial charge < -0.3 is 15.8 Å². The monoisotopic (exact) mass is 256 g/mol. The molecule has 0 aliphatic heterocycles. The lowest BCUT2D eigenvalue weighted by Gasteiger charge is -2.31. The summed E-state index contributed by atoms with van der Waals surface area (Å²) < 4.78 is 5.06. The second-order valence-corrected chi connectivity index (χ2v) is 6.48. The van der Waals surface area contributed by atoms with E-state index >= 15 is 0 Å². The molecule has 1 atom stereocenters. The highest BCUT2D eigenvalue weighted by atomic mass is 16.5. The number of hydrogen-bond donors (Lipinski definition) is 2. The van der Waals surface area contributed by atoms with Crippen LogP contribution in [0.15, 0.2) is 0 Å². The van der Waals surface area contributed by atoms with Crippen molar-refractivity contribution in [2.24, 2.45) is 17.1 Å². The van der Waals surface area contributed by atoms with E-state index < -0.39 is 0 Å². The number of nitrogens with two attached hydrogens (primary N) is 1. The van der Waals surface area contributed by atoms with Crippen LogP contribution in [0.4, 0.5) is 0 Å². The minimum Gasteiger partial charge on any atom is -0.385 e. The molecule has 0 radical (unpaired) electrons. The van der Waals surface area contributed by atoms with Crippen LogP contribution in [0.25, 0.3) is 0 Å². The van der Waals surface area contributed by atoms with Crippen LogP contribution in [0.2, 0.25) is 0 Å². The van der Waals surface area contributed by atoms with Gasteiger partial charge in [0, 0.05) is 32.8 Å². The molecule has 0 aromatic heterocycles. The molecule has 1 saturated carbocycles. The summed E-state index contributed by atoms with van der Waals surface area (Å²) in [6.07, 6.45) is 7.90. The maximum Gasteiger partial charge on any atom is 0.0477 e. The number of hydrogen-bond acceptors (Lipinski definition) is 3. The Morgan fingerprint density at radius 1 is 1.28 bits per heavy atom. The Labute approximate surface area is 113 Å². The Morgan fingerprint density at radius 3 is 2.50 bits per heavy atom. The zero-order chi connectivity index (χ0) is 13.4. The fraction of sp³-hybridized carbons (Fsp3) is 1.00. The number of ether oxygens (including phenoxy) is 1. The van der Waals surface area contributed by atoms with Crippen LogP contribution in [-0.4, -0.2) is 32.8 Å². The Bertz CT molecular complexity index is 213. The molecule has 18 heavy (non-hydrogen) atoms. The summed E-state index contributed by atoms with van der Waals surface area (Å²) in [5, 5.41) is 3.60. The van der Waals surface area contributed by atoms with Crippen molar-refractivity contribution in [3.63, 3.8) is 0 Å². The predicted octanol–water partition coefficient (Wildman–Crippen LogP) is 2.55. The molecule has 1 fully saturated rings. The lowest BCUT2D eigenvalue weighted by Crippen LogP contribution is -2.40. The second-order valence-electron chi connectivity index (χ2n) is 6.48. The minimum absolute atomic E-state index is 0.224. The third-order valence-electron chi connectivity index (χ3n) is 4.10. The van der Waals surface area contributed by atoms with Gasteiger partial charge in [0.15, 0.2) is 0 Å². The Balaban J connectivity index is 2.25. The lowest BCUT2D eigenvalue weighted by atomic mass is 9.78. The van der Waals surface area contributed by atoms with Gasteiger partial charge in [-0.2, -0.15) is 0 Å². The van der Waals surface area contributed by atoms with E-state index in [1.165, 1.54) is 32.1 Å². The highest BCUT2D eigenvalue weighted by Crippen LogP contribution is 2.42. The zero-order valence-electron chi connectivity index (χ0n) is 12.5. The van der Waals surface area contributed by atoms with Crippen LogP contribution in [0.1, 0.15) is 52.4 Å². The van der Waals surface area contributed by atoms with Crippen molar-refractivity contribution >= 4 is 0 Å². The van der Waals surface area contributed by atoms with Crippen LogP contribution in [0.3, 0.4) is 0 Å². The Morgan fingerprint density at radius 2 is 1.94 bits per heavy atom. The average Bonchev–Trinajstić information content (AvgIpc) is 2.74. The molecule has 0 aromatic carbocycles. The summed E-state index contributed by atoms with van der Waals surface area (Å²) in [5.74, 6) is 0.798. The van der Waals surface area contributed by atoms with E-state index in [1.807, 2.05) is 0 Å². The molecular weight excluding hydrogens is 224 g/mol. The Kier molecular flexibility index (Phi) is 7.20. The lowest BCUT2D eigenvalue weighted by molar-refractivity contribution is 0.184. The van der Waals surface area contributed by atoms with E-state index in [0.29, 0.717) is 5.41 Å².